The highest BCUT2D eigenvalue weighted by Gasteiger charge is 2.53. The second-order valence-corrected chi connectivity index (χ2v) is 11.5. The van der Waals surface area contributed by atoms with Crippen molar-refractivity contribution in [3.05, 3.63) is 72.4 Å². The van der Waals surface area contributed by atoms with Gasteiger partial charge < -0.3 is 16.4 Å². The molecule has 1 unspecified atom stereocenters. The first kappa shape index (κ1) is 30.2. The lowest BCUT2D eigenvalue weighted by Crippen LogP contribution is -2.50. The topological polar surface area (TPSA) is 97.1 Å². The number of carbonyl (C=O) groups is 2. The number of aromatic nitrogens is 1. The molecule has 3 aromatic rings. The number of rotatable bonds is 8. The van der Waals surface area contributed by atoms with Gasteiger partial charge in [0.1, 0.15) is 5.41 Å². The Hall–Kier alpha value is -3.72. The average Bonchev–Trinajstić information content (AvgIpc) is 2.94. The molecular formula is C32H37F3N4O2. The number of hydrogen-bond donors (Lipinski definition) is 3. The molecule has 1 heterocycles. The number of nitrogens with one attached hydrogen (secondary N) is 2. The van der Waals surface area contributed by atoms with Crippen molar-refractivity contribution in [1.82, 2.24) is 10.3 Å². The van der Waals surface area contributed by atoms with Crippen molar-refractivity contribution in [3.63, 3.8) is 0 Å². The Bertz CT molecular complexity index is 1350. The number of amides is 2. The lowest BCUT2D eigenvalue weighted by atomic mass is 9.83. The van der Waals surface area contributed by atoms with Crippen LogP contribution in [0.1, 0.15) is 64.5 Å². The molecule has 4 N–H and O–H groups in total. The predicted molar refractivity (Wildman–Crippen MR) is 155 cm³/mol. The Morgan fingerprint density at radius 1 is 0.976 bits per heavy atom. The third-order valence-electron chi connectivity index (χ3n) is 7.90. The number of anilines is 1. The number of pyridine rings is 1. The number of nitrogens with two attached hydrogens (primary N) is 1. The highest BCUT2D eigenvalue weighted by Crippen LogP contribution is 2.38. The minimum Gasteiger partial charge on any atom is -0.353 e. The summed E-state index contributed by atoms with van der Waals surface area (Å²) < 4.78 is 39.5. The van der Waals surface area contributed by atoms with Gasteiger partial charge in [-0.1, -0.05) is 54.6 Å². The van der Waals surface area contributed by atoms with E-state index in [1.807, 2.05) is 67.6 Å². The summed E-state index contributed by atoms with van der Waals surface area (Å²) in [5.41, 5.74) is 8.75. The van der Waals surface area contributed by atoms with Gasteiger partial charge in [-0.3, -0.25) is 14.6 Å². The molecule has 41 heavy (non-hydrogen) atoms. The van der Waals surface area contributed by atoms with Gasteiger partial charge in [-0.15, -0.1) is 0 Å². The molecule has 0 radical (unpaired) electrons. The van der Waals surface area contributed by atoms with Gasteiger partial charge in [0.05, 0.1) is 17.6 Å². The predicted octanol–water partition coefficient (Wildman–Crippen LogP) is 7.03. The van der Waals surface area contributed by atoms with Gasteiger partial charge in [0, 0.05) is 29.6 Å². The third-order valence-corrected chi connectivity index (χ3v) is 7.90. The van der Waals surface area contributed by atoms with Crippen LogP contribution in [0.4, 0.5) is 18.9 Å². The number of alkyl halides is 3. The molecule has 2 aromatic carbocycles. The summed E-state index contributed by atoms with van der Waals surface area (Å²) in [6.07, 6.45) is -0.317. The SMILES string of the molecule is CC(N)c1ccc(-c2ncc(NC(=O)CC3CCC(NC(=O)C(C)(C)C(F)(F)F)CC3)cc2-c2ccccc2)cc1. The maximum atomic E-state index is 13.2. The molecule has 0 saturated heterocycles. The Balaban J connectivity index is 1.40. The van der Waals surface area contributed by atoms with E-state index in [4.69, 9.17) is 10.7 Å². The Morgan fingerprint density at radius 2 is 1.61 bits per heavy atom. The normalized spacial score (nSPS) is 18.4. The average molecular weight is 567 g/mol. The Kier molecular flexibility index (Phi) is 9.17. The van der Waals surface area contributed by atoms with E-state index >= 15 is 0 Å². The van der Waals surface area contributed by atoms with Gasteiger partial charge in [-0.2, -0.15) is 13.2 Å². The van der Waals surface area contributed by atoms with Crippen LogP contribution in [0.3, 0.4) is 0 Å². The van der Waals surface area contributed by atoms with Crippen molar-refractivity contribution < 1.29 is 22.8 Å². The molecule has 0 spiro atoms. The minimum absolute atomic E-state index is 0.0708. The van der Waals surface area contributed by atoms with Crippen LogP contribution in [0.2, 0.25) is 0 Å². The molecule has 1 fully saturated rings. The molecular weight excluding hydrogens is 529 g/mol. The highest BCUT2D eigenvalue weighted by atomic mass is 19.4. The number of nitrogens with zero attached hydrogens (tertiary/aromatic N) is 1. The van der Waals surface area contributed by atoms with Gasteiger partial charge in [-0.05, 0) is 69.6 Å². The van der Waals surface area contributed by atoms with Crippen LogP contribution >= 0.6 is 0 Å². The standard InChI is InChI=1S/C32H37F3N4O2/c1-20(36)22-11-13-24(14-12-22)29-27(23-7-5-4-6-8-23)18-26(19-37-29)38-28(40)17-21-9-15-25(16-10-21)39-30(41)31(2,3)32(33,34)35/h4-8,11-14,18-21,25H,9-10,15-17,36H2,1-3H3,(H,38,40)(H,39,41). The minimum atomic E-state index is -4.62. The fraction of sp³-hybridized carbons (Fsp3) is 0.406. The van der Waals surface area contributed by atoms with Crippen molar-refractivity contribution in [2.45, 2.75) is 71.1 Å². The lowest BCUT2D eigenvalue weighted by Gasteiger charge is -2.32. The van der Waals surface area contributed by atoms with Crippen LogP contribution in [0.25, 0.3) is 22.4 Å². The number of hydrogen-bond acceptors (Lipinski definition) is 4. The quantitative estimate of drug-likeness (QED) is 0.273. The summed E-state index contributed by atoms with van der Waals surface area (Å²) in [7, 11) is 0. The lowest BCUT2D eigenvalue weighted by molar-refractivity contribution is -0.211. The van der Waals surface area contributed by atoms with Crippen molar-refractivity contribution in [1.29, 1.82) is 0 Å². The fourth-order valence-corrected chi connectivity index (χ4v) is 5.03. The van der Waals surface area contributed by atoms with Crippen LogP contribution in [0.5, 0.6) is 0 Å². The molecule has 218 valence electrons. The summed E-state index contributed by atoms with van der Waals surface area (Å²) in [5.74, 6) is -1.07. The monoisotopic (exact) mass is 566 g/mol. The molecule has 0 aliphatic heterocycles. The van der Waals surface area contributed by atoms with Crippen molar-refractivity contribution in [3.8, 4) is 22.4 Å². The number of benzene rings is 2. The van der Waals surface area contributed by atoms with Crippen LogP contribution in [-0.4, -0.2) is 29.0 Å². The largest absolute Gasteiger partial charge is 0.402 e. The van der Waals surface area contributed by atoms with Crippen molar-refractivity contribution in [2.75, 3.05) is 5.32 Å². The summed E-state index contributed by atoms with van der Waals surface area (Å²) >= 11 is 0. The highest BCUT2D eigenvalue weighted by molar-refractivity contribution is 5.93. The molecule has 1 saturated carbocycles. The van der Waals surface area contributed by atoms with Crippen molar-refractivity contribution >= 4 is 17.5 Å². The fourth-order valence-electron chi connectivity index (χ4n) is 5.03. The summed E-state index contributed by atoms with van der Waals surface area (Å²) in [5, 5.41) is 5.52. The van der Waals surface area contributed by atoms with Gasteiger partial charge in [-0.25, -0.2) is 0 Å². The first-order valence-corrected chi connectivity index (χ1v) is 13.9. The van der Waals surface area contributed by atoms with E-state index in [0.717, 1.165) is 41.8 Å². The maximum absolute atomic E-state index is 13.2. The molecule has 1 atom stereocenters. The summed E-state index contributed by atoms with van der Waals surface area (Å²) in [6, 6.07) is 19.3. The van der Waals surface area contributed by atoms with Gasteiger partial charge in [0.25, 0.3) is 0 Å². The van der Waals surface area contributed by atoms with Gasteiger partial charge >= 0.3 is 6.18 Å². The zero-order chi connectivity index (χ0) is 29.8. The van der Waals surface area contributed by atoms with Gasteiger partial charge in [0.2, 0.25) is 11.8 Å². The van der Waals surface area contributed by atoms with E-state index < -0.39 is 17.5 Å². The molecule has 1 aromatic heterocycles. The second kappa shape index (κ2) is 12.4. The zero-order valence-electron chi connectivity index (χ0n) is 23.6. The van der Waals surface area contributed by atoms with Crippen molar-refractivity contribution in [2.24, 2.45) is 17.1 Å². The summed E-state index contributed by atoms with van der Waals surface area (Å²) in [4.78, 5) is 29.9. The van der Waals surface area contributed by atoms with Crippen LogP contribution in [0, 0.1) is 11.3 Å². The number of halogens is 3. The summed E-state index contributed by atoms with van der Waals surface area (Å²) in [6.45, 7) is 3.71. The molecule has 0 bridgehead atoms. The van der Waals surface area contributed by atoms with E-state index in [1.54, 1.807) is 6.20 Å². The first-order valence-electron chi connectivity index (χ1n) is 13.9. The van der Waals surface area contributed by atoms with Gasteiger partial charge in [0.15, 0.2) is 0 Å². The third kappa shape index (κ3) is 7.33. The van der Waals surface area contributed by atoms with E-state index in [0.29, 0.717) is 31.4 Å². The maximum Gasteiger partial charge on any atom is 0.402 e. The molecule has 4 rings (SSSR count). The smallest absolute Gasteiger partial charge is 0.353 e. The molecule has 1 aliphatic rings. The van der Waals surface area contributed by atoms with Crippen LogP contribution in [-0.2, 0) is 9.59 Å². The zero-order valence-corrected chi connectivity index (χ0v) is 23.6. The molecule has 6 nitrogen and oxygen atoms in total. The number of carbonyl (C=O) groups excluding carboxylic acids is 2. The van der Waals surface area contributed by atoms with E-state index in [-0.39, 0.29) is 30.3 Å². The Morgan fingerprint density at radius 3 is 2.20 bits per heavy atom. The van der Waals surface area contributed by atoms with E-state index in [9.17, 15) is 22.8 Å². The molecule has 9 heteroatoms. The van der Waals surface area contributed by atoms with Crippen LogP contribution in [0.15, 0.2) is 66.9 Å². The van der Waals surface area contributed by atoms with Crippen LogP contribution < -0.4 is 16.4 Å². The Labute approximate surface area is 238 Å². The first-order chi connectivity index (χ1) is 19.3. The van der Waals surface area contributed by atoms with E-state index in [1.165, 1.54) is 0 Å². The molecule has 2 amide bonds. The molecule has 1 aliphatic carbocycles. The second-order valence-electron chi connectivity index (χ2n) is 11.5. The van der Waals surface area contributed by atoms with E-state index in [2.05, 4.69) is 10.6 Å².